The number of amides is 1. The fourth-order valence-electron chi connectivity index (χ4n) is 2.11. The Morgan fingerprint density at radius 3 is 2.61 bits per heavy atom. The van der Waals surface area contributed by atoms with Gasteiger partial charge in [0, 0.05) is 11.9 Å². The average molecular weight is 258 g/mol. The van der Waals surface area contributed by atoms with Crippen LogP contribution in [0.4, 0.5) is 8.78 Å². The van der Waals surface area contributed by atoms with Gasteiger partial charge in [-0.2, -0.15) is 0 Å². The van der Waals surface area contributed by atoms with E-state index >= 15 is 0 Å². The molecule has 0 aliphatic carbocycles. The first kappa shape index (κ1) is 13.0. The molecule has 0 spiro atoms. The summed E-state index contributed by atoms with van der Waals surface area (Å²) in [6, 6.07) is 1.64. The van der Waals surface area contributed by atoms with Crippen LogP contribution in [-0.4, -0.2) is 46.0 Å². The van der Waals surface area contributed by atoms with Gasteiger partial charge in [0.15, 0.2) is 5.60 Å². The number of nitrogens with zero attached hydrogens (tertiary/aromatic N) is 1. The van der Waals surface area contributed by atoms with Crippen LogP contribution >= 0.6 is 0 Å². The van der Waals surface area contributed by atoms with Crippen molar-refractivity contribution in [3.05, 3.63) is 23.5 Å². The zero-order valence-electron chi connectivity index (χ0n) is 10.3. The zero-order chi connectivity index (χ0) is 13.5. The van der Waals surface area contributed by atoms with Crippen molar-refractivity contribution < 1.29 is 18.7 Å². The Balaban J connectivity index is 2.09. The molecule has 1 amide bonds. The highest BCUT2D eigenvalue weighted by atomic mass is 19.3. The normalized spacial score (nSPS) is 18.3. The first-order valence-electron chi connectivity index (χ1n) is 5.82. The van der Waals surface area contributed by atoms with Crippen LogP contribution in [0, 0.1) is 0 Å². The molecule has 1 fully saturated rings. The van der Waals surface area contributed by atoms with Gasteiger partial charge in [0.1, 0.15) is 0 Å². The van der Waals surface area contributed by atoms with Gasteiger partial charge in [0.05, 0.1) is 18.7 Å². The number of halogens is 2. The van der Waals surface area contributed by atoms with Crippen molar-refractivity contribution in [2.24, 2.45) is 0 Å². The summed E-state index contributed by atoms with van der Waals surface area (Å²) >= 11 is 0. The second kappa shape index (κ2) is 4.35. The van der Waals surface area contributed by atoms with Crippen molar-refractivity contribution in [3.63, 3.8) is 0 Å². The molecule has 6 heteroatoms. The van der Waals surface area contributed by atoms with Gasteiger partial charge in [-0.1, -0.05) is 13.8 Å². The highest BCUT2D eigenvalue weighted by Gasteiger charge is 2.51. The van der Waals surface area contributed by atoms with Crippen LogP contribution in [0.1, 0.15) is 35.8 Å². The fourth-order valence-corrected chi connectivity index (χ4v) is 2.11. The molecule has 1 saturated heterocycles. The highest BCUT2D eigenvalue weighted by molar-refractivity contribution is 5.96. The van der Waals surface area contributed by atoms with Gasteiger partial charge in [0.25, 0.3) is 12.3 Å². The van der Waals surface area contributed by atoms with Crippen LogP contribution in [-0.2, 0) is 0 Å². The number of aliphatic hydroxyl groups is 1. The number of aromatic nitrogens is 1. The van der Waals surface area contributed by atoms with Crippen LogP contribution in [0.25, 0.3) is 0 Å². The van der Waals surface area contributed by atoms with Gasteiger partial charge in [0.2, 0.25) is 0 Å². The molecule has 0 saturated carbocycles. The van der Waals surface area contributed by atoms with E-state index in [1.165, 1.54) is 4.90 Å². The van der Waals surface area contributed by atoms with E-state index in [0.29, 0.717) is 5.56 Å². The van der Waals surface area contributed by atoms with E-state index in [0.717, 1.165) is 5.69 Å². The van der Waals surface area contributed by atoms with Crippen LogP contribution < -0.4 is 0 Å². The number of likely N-dealkylation sites (tertiary alicyclic amines) is 1. The Morgan fingerprint density at radius 1 is 1.50 bits per heavy atom. The molecule has 0 unspecified atom stereocenters. The van der Waals surface area contributed by atoms with E-state index < -0.39 is 12.0 Å². The van der Waals surface area contributed by atoms with Gasteiger partial charge >= 0.3 is 0 Å². The Hall–Kier alpha value is -1.43. The third-order valence-corrected chi connectivity index (χ3v) is 3.21. The van der Waals surface area contributed by atoms with Crippen LogP contribution in [0.15, 0.2) is 12.3 Å². The zero-order valence-corrected chi connectivity index (χ0v) is 10.3. The molecule has 0 atom stereocenters. The molecule has 100 valence electrons. The van der Waals surface area contributed by atoms with E-state index in [4.69, 9.17) is 0 Å². The second-order valence-corrected chi connectivity index (χ2v) is 5.03. The Bertz CT molecular complexity index is 451. The number of carbonyl (C=O) groups is 1. The fraction of sp³-hybridized carbons (Fsp3) is 0.583. The number of H-pyrrole nitrogens is 1. The van der Waals surface area contributed by atoms with Crippen molar-refractivity contribution in [1.82, 2.24) is 9.88 Å². The molecular formula is C12H16F2N2O2. The molecule has 2 heterocycles. The minimum Gasteiger partial charge on any atom is -0.380 e. The van der Waals surface area contributed by atoms with Gasteiger partial charge in [-0.3, -0.25) is 4.79 Å². The lowest BCUT2D eigenvalue weighted by atomic mass is 9.93. The lowest BCUT2D eigenvalue weighted by Gasteiger charge is -2.45. The predicted octanol–water partition coefficient (Wildman–Crippen LogP) is 1.59. The third kappa shape index (κ3) is 2.01. The molecule has 18 heavy (non-hydrogen) atoms. The van der Waals surface area contributed by atoms with Crippen molar-refractivity contribution in [2.75, 3.05) is 13.1 Å². The monoisotopic (exact) mass is 258 g/mol. The van der Waals surface area contributed by atoms with E-state index in [1.807, 2.05) is 13.8 Å². The summed E-state index contributed by atoms with van der Waals surface area (Å²) in [5.74, 6) is -0.167. The predicted molar refractivity (Wildman–Crippen MR) is 61.7 cm³/mol. The lowest BCUT2D eigenvalue weighted by molar-refractivity contribution is -0.166. The maximum absolute atomic E-state index is 12.5. The molecule has 2 rings (SSSR count). The number of β-amino-alcohol motifs (C(OH)–C–C–N with tert-alkyl or cyclic N) is 1. The van der Waals surface area contributed by atoms with E-state index in [9.17, 15) is 18.7 Å². The van der Waals surface area contributed by atoms with Crippen LogP contribution in [0.5, 0.6) is 0 Å². The number of carbonyl (C=O) groups excluding carboxylic acids is 1. The van der Waals surface area contributed by atoms with E-state index in [-0.39, 0.29) is 24.9 Å². The molecule has 0 aromatic carbocycles. The summed E-state index contributed by atoms with van der Waals surface area (Å²) in [7, 11) is 0. The van der Waals surface area contributed by atoms with Crippen molar-refractivity contribution in [2.45, 2.75) is 31.8 Å². The summed E-state index contributed by atoms with van der Waals surface area (Å²) in [4.78, 5) is 16.3. The molecule has 1 aliphatic rings. The minimum absolute atomic E-state index is 0.147. The molecule has 1 aliphatic heterocycles. The van der Waals surface area contributed by atoms with Gasteiger partial charge in [-0.15, -0.1) is 0 Å². The number of hydrogen-bond acceptors (Lipinski definition) is 2. The van der Waals surface area contributed by atoms with Crippen molar-refractivity contribution in [1.29, 1.82) is 0 Å². The van der Waals surface area contributed by atoms with Crippen molar-refractivity contribution >= 4 is 5.91 Å². The maximum Gasteiger partial charge on any atom is 0.270 e. The Morgan fingerprint density at radius 2 is 2.11 bits per heavy atom. The van der Waals surface area contributed by atoms with Gasteiger partial charge in [-0.05, 0) is 12.0 Å². The summed E-state index contributed by atoms with van der Waals surface area (Å²) < 4.78 is 24.9. The molecule has 1 aromatic rings. The van der Waals surface area contributed by atoms with E-state index in [2.05, 4.69) is 4.98 Å². The smallest absolute Gasteiger partial charge is 0.270 e. The molecular weight excluding hydrogens is 242 g/mol. The maximum atomic E-state index is 12.5. The highest BCUT2D eigenvalue weighted by Crippen LogP contribution is 2.30. The molecule has 4 nitrogen and oxygen atoms in total. The van der Waals surface area contributed by atoms with Crippen LogP contribution in [0.2, 0.25) is 0 Å². The number of rotatable bonds is 3. The second-order valence-electron chi connectivity index (χ2n) is 5.03. The molecule has 1 aromatic heterocycles. The first-order valence-corrected chi connectivity index (χ1v) is 5.82. The molecule has 2 N–H and O–H groups in total. The Kier molecular flexibility index (Phi) is 3.14. The van der Waals surface area contributed by atoms with Gasteiger partial charge in [-0.25, -0.2) is 8.78 Å². The topological polar surface area (TPSA) is 56.3 Å². The lowest BCUT2D eigenvalue weighted by Crippen LogP contribution is -2.67. The average Bonchev–Trinajstić information content (AvgIpc) is 2.72. The largest absolute Gasteiger partial charge is 0.380 e. The SMILES string of the molecule is CC(C)c1[nH]ccc1C(=O)N1CC(O)(C(F)F)C1. The Labute approximate surface area is 104 Å². The third-order valence-electron chi connectivity index (χ3n) is 3.21. The quantitative estimate of drug-likeness (QED) is 0.865. The molecule has 0 radical (unpaired) electrons. The molecule has 0 bridgehead atoms. The van der Waals surface area contributed by atoms with Crippen LogP contribution in [0.3, 0.4) is 0 Å². The minimum atomic E-state index is -2.82. The summed E-state index contributed by atoms with van der Waals surface area (Å²) in [5, 5.41) is 9.43. The number of nitrogens with one attached hydrogen (secondary N) is 1. The number of aromatic amines is 1. The number of hydrogen-bond donors (Lipinski definition) is 2. The van der Waals surface area contributed by atoms with E-state index in [1.54, 1.807) is 12.3 Å². The van der Waals surface area contributed by atoms with Gasteiger partial charge < -0.3 is 15.0 Å². The van der Waals surface area contributed by atoms with Crippen molar-refractivity contribution in [3.8, 4) is 0 Å². The summed E-state index contributed by atoms with van der Waals surface area (Å²) in [5.41, 5.74) is -0.766. The first-order chi connectivity index (χ1) is 8.35. The standard InChI is InChI=1S/C12H16F2N2O2/c1-7(2)9-8(3-4-15-9)10(17)16-5-12(18,6-16)11(13)14/h3-4,7,11,15,18H,5-6H2,1-2H3. The number of alkyl halides is 2. The summed E-state index contributed by atoms with van der Waals surface area (Å²) in [6.45, 7) is 3.25. The summed E-state index contributed by atoms with van der Waals surface area (Å²) in [6.07, 6.45) is -1.17.